The first-order valence-corrected chi connectivity index (χ1v) is 6.97. The van der Waals surface area contributed by atoms with E-state index in [9.17, 15) is 9.90 Å². The summed E-state index contributed by atoms with van der Waals surface area (Å²) in [5.74, 6) is -0.664. The molecule has 0 aliphatic carbocycles. The summed E-state index contributed by atoms with van der Waals surface area (Å²) in [6, 6.07) is 10.3. The minimum atomic E-state index is -0.595. The predicted molar refractivity (Wildman–Crippen MR) is 87.0 cm³/mol. The summed E-state index contributed by atoms with van der Waals surface area (Å²) in [5.41, 5.74) is 1.65. The Morgan fingerprint density at radius 3 is 2.75 bits per heavy atom. The van der Waals surface area contributed by atoms with Crippen molar-refractivity contribution in [2.24, 2.45) is 22.4 Å². The monoisotopic (exact) mass is 323 g/mol. The van der Waals surface area contributed by atoms with Gasteiger partial charge in [-0.1, -0.05) is 23.4 Å². The zero-order valence-electron chi connectivity index (χ0n) is 12.7. The van der Waals surface area contributed by atoms with Gasteiger partial charge in [0.2, 0.25) is 5.88 Å². The van der Waals surface area contributed by atoms with Crippen molar-refractivity contribution >= 4 is 28.7 Å². The second-order valence-electron chi connectivity index (χ2n) is 4.97. The molecule has 0 saturated carbocycles. The highest BCUT2D eigenvalue weighted by molar-refractivity contribution is 5.97. The fourth-order valence-electron chi connectivity index (χ4n) is 2.28. The molecule has 0 radical (unpaired) electrons. The number of aromatic hydroxyl groups is 1. The van der Waals surface area contributed by atoms with E-state index in [-0.39, 0.29) is 17.1 Å². The maximum Gasteiger partial charge on any atom is 0.296 e. The lowest BCUT2D eigenvalue weighted by molar-refractivity contribution is 0.0994. The fraction of sp³-hybridized carbons (Fsp3) is 0.0625. The molecule has 0 spiro atoms. The molecule has 2 aromatic heterocycles. The summed E-state index contributed by atoms with van der Waals surface area (Å²) in [5, 5.41) is 29.7. The molecule has 8 heteroatoms. The van der Waals surface area contributed by atoms with Crippen LogP contribution in [0.3, 0.4) is 0 Å². The number of rotatable bonds is 3. The number of hydrogen-bond donors (Lipinski definition) is 2. The van der Waals surface area contributed by atoms with Crippen LogP contribution in [0.1, 0.15) is 16.1 Å². The van der Waals surface area contributed by atoms with Gasteiger partial charge in [-0.3, -0.25) is 9.78 Å². The van der Waals surface area contributed by atoms with Gasteiger partial charge in [-0.05, 0) is 18.2 Å². The summed E-state index contributed by atoms with van der Waals surface area (Å²) in [7, 11) is 1.70. The maximum absolute atomic E-state index is 12.1. The molecule has 0 saturated heterocycles. The Bertz CT molecular complexity index is 958. The average Bonchev–Trinajstić information content (AvgIpc) is 2.85. The zero-order chi connectivity index (χ0) is 17.1. The van der Waals surface area contributed by atoms with Gasteiger partial charge in [-0.15, -0.1) is 10.2 Å². The number of azo groups is 1. The summed E-state index contributed by atoms with van der Waals surface area (Å²) in [6.45, 7) is 0. The lowest BCUT2D eigenvalue weighted by Gasteiger charge is -1.96. The summed E-state index contributed by atoms with van der Waals surface area (Å²) >= 11 is 0. The van der Waals surface area contributed by atoms with Crippen molar-refractivity contribution in [3.05, 3.63) is 53.9 Å². The molecule has 1 aromatic carbocycles. The Morgan fingerprint density at radius 1 is 1.25 bits per heavy atom. The van der Waals surface area contributed by atoms with E-state index in [2.05, 4.69) is 20.4 Å². The maximum atomic E-state index is 12.1. The van der Waals surface area contributed by atoms with Crippen LogP contribution >= 0.6 is 0 Å². The highest BCUT2D eigenvalue weighted by atomic mass is 16.4. The fourth-order valence-corrected chi connectivity index (χ4v) is 2.28. The second-order valence-corrected chi connectivity index (χ2v) is 4.97. The minimum Gasteiger partial charge on any atom is -0.493 e. The van der Waals surface area contributed by atoms with E-state index in [1.807, 2.05) is 18.2 Å². The minimum absolute atomic E-state index is 0.0691. The first-order chi connectivity index (χ1) is 11.6. The van der Waals surface area contributed by atoms with Crippen molar-refractivity contribution in [2.45, 2.75) is 0 Å². The lowest BCUT2D eigenvalue weighted by atomic mass is 10.2. The molecule has 3 rings (SSSR count). The number of aryl methyl sites for hydroxylation is 1. The SMILES string of the molecule is Cn1c(O)c(N=NC(=O)c2ccc(/C=N\O)nc2)c2ccccc21. The average molecular weight is 323 g/mol. The summed E-state index contributed by atoms with van der Waals surface area (Å²) < 4.78 is 1.57. The molecule has 0 bridgehead atoms. The number of para-hydroxylation sites is 1. The number of pyridine rings is 1. The Kier molecular flexibility index (Phi) is 4.02. The smallest absolute Gasteiger partial charge is 0.296 e. The molecule has 0 aliphatic heterocycles. The van der Waals surface area contributed by atoms with Gasteiger partial charge in [0.15, 0.2) is 5.69 Å². The van der Waals surface area contributed by atoms with E-state index < -0.39 is 5.91 Å². The molecule has 1 amide bonds. The number of carbonyl (C=O) groups excluding carboxylic acids is 1. The third kappa shape index (κ3) is 2.72. The number of benzene rings is 1. The van der Waals surface area contributed by atoms with Crippen LogP contribution in [-0.4, -0.2) is 32.0 Å². The first-order valence-electron chi connectivity index (χ1n) is 6.97. The summed E-state index contributed by atoms with van der Waals surface area (Å²) in [4.78, 5) is 16.0. The number of hydrogen-bond acceptors (Lipinski definition) is 6. The second kappa shape index (κ2) is 6.29. The van der Waals surface area contributed by atoms with Crippen molar-refractivity contribution in [3.63, 3.8) is 0 Å². The van der Waals surface area contributed by atoms with Crippen molar-refractivity contribution < 1.29 is 15.1 Å². The molecule has 24 heavy (non-hydrogen) atoms. The number of carbonyl (C=O) groups is 1. The largest absolute Gasteiger partial charge is 0.493 e. The van der Waals surface area contributed by atoms with Gasteiger partial charge in [-0.25, -0.2) is 0 Å². The molecule has 8 nitrogen and oxygen atoms in total. The van der Waals surface area contributed by atoms with E-state index in [1.54, 1.807) is 17.7 Å². The molecule has 0 atom stereocenters. The van der Waals surface area contributed by atoms with Gasteiger partial charge in [0.25, 0.3) is 5.91 Å². The van der Waals surface area contributed by atoms with E-state index in [0.717, 1.165) is 11.7 Å². The third-order valence-corrected chi connectivity index (χ3v) is 3.51. The van der Waals surface area contributed by atoms with Gasteiger partial charge < -0.3 is 14.9 Å². The van der Waals surface area contributed by atoms with Gasteiger partial charge in [0.05, 0.1) is 23.0 Å². The van der Waals surface area contributed by atoms with Crippen molar-refractivity contribution in [1.82, 2.24) is 9.55 Å². The standard InChI is InChI=1S/C16H13N5O3/c1-21-13-5-3-2-4-12(13)14(16(21)23)19-20-15(22)10-6-7-11(9-18-24)17-8-10/h2-9,23-24H,1H3/b18-9-,20-19?. The normalized spacial score (nSPS) is 11.7. The molecular weight excluding hydrogens is 310 g/mol. The number of aromatic nitrogens is 2. The van der Waals surface area contributed by atoms with Crippen molar-refractivity contribution in [2.75, 3.05) is 0 Å². The van der Waals surface area contributed by atoms with Gasteiger partial charge in [0, 0.05) is 18.6 Å². The first kappa shape index (κ1) is 15.3. The Morgan fingerprint density at radius 2 is 2.04 bits per heavy atom. The molecule has 0 aliphatic rings. The lowest BCUT2D eigenvalue weighted by Crippen LogP contribution is -1.96. The van der Waals surface area contributed by atoms with Crippen LogP contribution in [0.5, 0.6) is 5.88 Å². The van der Waals surface area contributed by atoms with E-state index in [1.165, 1.54) is 18.3 Å². The van der Waals surface area contributed by atoms with Crippen LogP contribution in [-0.2, 0) is 7.05 Å². The Labute approximate surface area is 136 Å². The predicted octanol–water partition coefficient (Wildman–Crippen LogP) is 3.01. The van der Waals surface area contributed by atoms with Crippen LogP contribution in [0.15, 0.2) is 58.0 Å². The molecule has 2 heterocycles. The number of fused-ring (bicyclic) bond motifs is 1. The molecule has 0 unspecified atom stereocenters. The van der Waals surface area contributed by atoms with Gasteiger partial charge in [-0.2, -0.15) is 0 Å². The molecule has 3 aromatic rings. The van der Waals surface area contributed by atoms with Crippen LogP contribution in [0, 0.1) is 0 Å². The van der Waals surface area contributed by atoms with Gasteiger partial charge in [0.1, 0.15) is 0 Å². The number of amides is 1. The van der Waals surface area contributed by atoms with Gasteiger partial charge >= 0.3 is 0 Å². The van der Waals surface area contributed by atoms with E-state index >= 15 is 0 Å². The highest BCUT2D eigenvalue weighted by Crippen LogP contribution is 2.37. The van der Waals surface area contributed by atoms with E-state index in [4.69, 9.17) is 5.21 Å². The van der Waals surface area contributed by atoms with Crippen LogP contribution < -0.4 is 0 Å². The van der Waals surface area contributed by atoms with Crippen molar-refractivity contribution in [1.29, 1.82) is 0 Å². The topological polar surface area (TPSA) is 112 Å². The summed E-state index contributed by atoms with van der Waals surface area (Å²) in [6.07, 6.45) is 2.45. The quantitative estimate of drug-likeness (QED) is 0.334. The molecule has 0 fully saturated rings. The molecule has 120 valence electrons. The van der Waals surface area contributed by atoms with E-state index in [0.29, 0.717) is 11.1 Å². The zero-order valence-corrected chi connectivity index (χ0v) is 12.7. The van der Waals surface area contributed by atoms with Crippen LogP contribution in [0.4, 0.5) is 5.69 Å². The Hall–Kier alpha value is -3.55. The van der Waals surface area contributed by atoms with Crippen LogP contribution in [0.25, 0.3) is 10.9 Å². The highest BCUT2D eigenvalue weighted by Gasteiger charge is 2.14. The van der Waals surface area contributed by atoms with Crippen LogP contribution in [0.2, 0.25) is 0 Å². The van der Waals surface area contributed by atoms with Crippen molar-refractivity contribution in [3.8, 4) is 5.88 Å². The third-order valence-electron chi connectivity index (χ3n) is 3.51. The number of nitrogens with zero attached hydrogens (tertiary/aromatic N) is 5. The molecule has 2 N–H and O–H groups in total. The molecular formula is C16H13N5O3. The Balaban J connectivity index is 1.91. The number of oxime groups is 1.